The molecule has 134 valence electrons. The second-order valence-electron chi connectivity index (χ2n) is 5.53. The zero-order valence-corrected chi connectivity index (χ0v) is 14.9. The van der Waals surface area contributed by atoms with Gasteiger partial charge in [0.2, 0.25) is 5.88 Å². The molecule has 7 nitrogen and oxygen atoms in total. The van der Waals surface area contributed by atoms with Gasteiger partial charge in [-0.2, -0.15) is 10.4 Å². The molecule has 1 amide bonds. The van der Waals surface area contributed by atoms with E-state index >= 15 is 0 Å². The van der Waals surface area contributed by atoms with Crippen molar-refractivity contribution in [1.82, 2.24) is 10.4 Å². The van der Waals surface area contributed by atoms with Crippen LogP contribution in [0.3, 0.4) is 0 Å². The summed E-state index contributed by atoms with van der Waals surface area (Å²) in [4.78, 5) is 16.2. The minimum atomic E-state index is -0.444. The lowest BCUT2D eigenvalue weighted by Gasteiger charge is -2.11. The maximum atomic E-state index is 12.0. The third-order valence-corrected chi connectivity index (χ3v) is 3.49. The summed E-state index contributed by atoms with van der Waals surface area (Å²) in [7, 11) is 1.54. The number of hydrazone groups is 1. The van der Waals surface area contributed by atoms with Crippen LogP contribution >= 0.6 is 0 Å². The predicted octanol–water partition coefficient (Wildman–Crippen LogP) is 2.33. The number of nitrogens with zero attached hydrogens (tertiary/aromatic N) is 3. The van der Waals surface area contributed by atoms with Crippen LogP contribution in [0.2, 0.25) is 0 Å². The fraction of sp³-hybridized carbons (Fsp3) is 0.263. The van der Waals surface area contributed by atoms with E-state index in [0.717, 1.165) is 5.56 Å². The molecule has 7 heteroatoms. The van der Waals surface area contributed by atoms with Crippen molar-refractivity contribution in [2.75, 3.05) is 13.7 Å². The van der Waals surface area contributed by atoms with Crippen LogP contribution in [0, 0.1) is 18.3 Å². The average molecular weight is 352 g/mol. The summed E-state index contributed by atoms with van der Waals surface area (Å²) in [6.45, 7) is 3.53. The highest BCUT2D eigenvalue weighted by molar-refractivity contribution is 5.99. The summed E-state index contributed by atoms with van der Waals surface area (Å²) in [5, 5.41) is 13.4. The second kappa shape index (κ2) is 9.30. The standard InChI is InChI=1S/C19H20N4O3/c1-13-9-16(11-25-3)17(10-20)19(21-13)26-12-18(24)23-22-14(2)15-7-5-4-6-8-15/h4-9H,11-12H2,1-3H3,(H,23,24). The highest BCUT2D eigenvalue weighted by atomic mass is 16.5. The van der Waals surface area contributed by atoms with Gasteiger partial charge >= 0.3 is 0 Å². The number of hydrogen-bond donors (Lipinski definition) is 1. The predicted molar refractivity (Wildman–Crippen MR) is 96.7 cm³/mol. The number of nitriles is 1. The van der Waals surface area contributed by atoms with Crippen LogP contribution in [0.15, 0.2) is 41.5 Å². The minimum Gasteiger partial charge on any atom is -0.467 e. The highest BCUT2D eigenvalue weighted by Crippen LogP contribution is 2.21. The van der Waals surface area contributed by atoms with E-state index in [2.05, 4.69) is 15.5 Å². The summed E-state index contributed by atoms with van der Waals surface area (Å²) in [6, 6.07) is 13.3. The number of amides is 1. The van der Waals surface area contributed by atoms with Crippen molar-refractivity contribution in [2.45, 2.75) is 20.5 Å². The van der Waals surface area contributed by atoms with Gasteiger partial charge < -0.3 is 9.47 Å². The van der Waals surface area contributed by atoms with E-state index < -0.39 is 5.91 Å². The number of aryl methyl sites for hydroxylation is 1. The van der Waals surface area contributed by atoms with Crippen LogP contribution in [0.4, 0.5) is 0 Å². The number of carbonyl (C=O) groups excluding carboxylic acids is 1. The summed E-state index contributed by atoms with van der Waals surface area (Å²) in [6.07, 6.45) is 0. The Kier molecular flexibility index (Phi) is 6.83. The van der Waals surface area contributed by atoms with Crippen LogP contribution < -0.4 is 10.2 Å². The quantitative estimate of drug-likeness (QED) is 0.609. The molecular weight excluding hydrogens is 332 g/mol. The Morgan fingerprint density at radius 3 is 2.73 bits per heavy atom. The Morgan fingerprint density at radius 2 is 2.08 bits per heavy atom. The van der Waals surface area contributed by atoms with Gasteiger partial charge in [-0.25, -0.2) is 10.4 Å². The van der Waals surface area contributed by atoms with E-state index in [9.17, 15) is 10.1 Å². The summed E-state index contributed by atoms with van der Waals surface area (Å²) >= 11 is 0. The van der Waals surface area contributed by atoms with E-state index in [1.807, 2.05) is 36.4 Å². The molecule has 1 heterocycles. The highest BCUT2D eigenvalue weighted by Gasteiger charge is 2.14. The Labute approximate surface area is 152 Å². The topological polar surface area (TPSA) is 96.6 Å². The van der Waals surface area contributed by atoms with Gasteiger partial charge in [-0.15, -0.1) is 0 Å². The van der Waals surface area contributed by atoms with Gasteiger partial charge in [0.25, 0.3) is 5.91 Å². The molecule has 0 aliphatic heterocycles. The molecule has 0 radical (unpaired) electrons. The van der Waals surface area contributed by atoms with E-state index in [1.165, 1.54) is 7.11 Å². The SMILES string of the molecule is COCc1cc(C)nc(OCC(=O)NN=C(C)c2ccccc2)c1C#N. The van der Waals surface area contributed by atoms with Gasteiger partial charge in [0.05, 0.1) is 12.3 Å². The third-order valence-electron chi connectivity index (χ3n) is 3.49. The first kappa shape index (κ1) is 19.1. The number of nitrogens with one attached hydrogen (secondary N) is 1. The molecule has 0 bridgehead atoms. The fourth-order valence-corrected chi connectivity index (χ4v) is 2.26. The smallest absolute Gasteiger partial charge is 0.278 e. The molecule has 1 N–H and O–H groups in total. The van der Waals surface area contributed by atoms with E-state index in [4.69, 9.17) is 9.47 Å². The average Bonchev–Trinajstić information content (AvgIpc) is 2.65. The van der Waals surface area contributed by atoms with Crippen LogP contribution in [0.1, 0.15) is 29.3 Å². The van der Waals surface area contributed by atoms with Gasteiger partial charge in [0, 0.05) is 18.4 Å². The van der Waals surface area contributed by atoms with E-state index in [0.29, 0.717) is 17.0 Å². The molecule has 26 heavy (non-hydrogen) atoms. The summed E-state index contributed by atoms with van der Waals surface area (Å²) in [5.41, 5.74) is 5.61. The zero-order valence-electron chi connectivity index (χ0n) is 14.9. The molecule has 1 aromatic carbocycles. The second-order valence-corrected chi connectivity index (χ2v) is 5.53. The number of benzene rings is 1. The van der Waals surface area contributed by atoms with E-state index in [-0.39, 0.29) is 24.7 Å². The van der Waals surface area contributed by atoms with Crippen LogP contribution in [-0.2, 0) is 16.1 Å². The number of carbonyl (C=O) groups is 1. The molecule has 1 aromatic heterocycles. The maximum Gasteiger partial charge on any atom is 0.278 e. The number of hydrogen-bond acceptors (Lipinski definition) is 6. The van der Waals surface area contributed by atoms with Crippen LogP contribution in [0.5, 0.6) is 5.88 Å². The molecule has 0 aliphatic carbocycles. The van der Waals surface area contributed by atoms with Crippen molar-refractivity contribution in [3.8, 4) is 11.9 Å². The molecule has 2 aromatic rings. The third kappa shape index (κ3) is 5.13. The molecule has 0 unspecified atom stereocenters. The first-order chi connectivity index (χ1) is 12.5. The van der Waals surface area contributed by atoms with Crippen molar-refractivity contribution < 1.29 is 14.3 Å². The number of rotatable bonds is 7. The molecule has 0 saturated heterocycles. The molecule has 0 saturated carbocycles. The van der Waals surface area contributed by atoms with Crippen LogP contribution in [0.25, 0.3) is 0 Å². The number of ether oxygens (including phenoxy) is 2. The van der Waals surface area contributed by atoms with Gasteiger partial charge in [-0.05, 0) is 25.5 Å². The largest absolute Gasteiger partial charge is 0.467 e. The fourth-order valence-electron chi connectivity index (χ4n) is 2.26. The summed E-state index contributed by atoms with van der Waals surface area (Å²) in [5.74, 6) is -0.334. The number of pyridine rings is 1. The van der Waals surface area contributed by atoms with Gasteiger partial charge in [0.15, 0.2) is 6.61 Å². The van der Waals surface area contributed by atoms with Crippen molar-refractivity contribution in [3.05, 3.63) is 58.8 Å². The molecule has 2 rings (SSSR count). The molecule has 0 atom stereocenters. The Hall–Kier alpha value is -3.24. The van der Waals surface area contributed by atoms with Gasteiger partial charge in [0.1, 0.15) is 11.6 Å². The zero-order chi connectivity index (χ0) is 18.9. The van der Waals surface area contributed by atoms with Crippen molar-refractivity contribution in [1.29, 1.82) is 5.26 Å². The van der Waals surface area contributed by atoms with Crippen molar-refractivity contribution in [2.24, 2.45) is 5.10 Å². The lowest BCUT2D eigenvalue weighted by molar-refractivity contribution is -0.123. The monoisotopic (exact) mass is 352 g/mol. The van der Waals surface area contributed by atoms with Crippen LogP contribution in [-0.4, -0.2) is 30.3 Å². The Bertz CT molecular complexity index is 842. The maximum absolute atomic E-state index is 12.0. The summed E-state index contributed by atoms with van der Waals surface area (Å²) < 4.78 is 10.5. The molecular formula is C19H20N4O3. The molecule has 0 aliphatic rings. The molecule has 0 spiro atoms. The Balaban J connectivity index is 2.02. The lowest BCUT2D eigenvalue weighted by Crippen LogP contribution is -2.26. The minimum absolute atomic E-state index is 0.110. The van der Waals surface area contributed by atoms with Gasteiger partial charge in [-0.1, -0.05) is 30.3 Å². The first-order valence-corrected chi connectivity index (χ1v) is 7.96. The number of aromatic nitrogens is 1. The van der Waals surface area contributed by atoms with Crippen molar-refractivity contribution >= 4 is 11.6 Å². The van der Waals surface area contributed by atoms with Crippen molar-refractivity contribution in [3.63, 3.8) is 0 Å². The van der Waals surface area contributed by atoms with Gasteiger partial charge in [-0.3, -0.25) is 4.79 Å². The lowest BCUT2D eigenvalue weighted by atomic mass is 10.1. The molecule has 0 fully saturated rings. The number of methoxy groups -OCH3 is 1. The van der Waals surface area contributed by atoms with E-state index in [1.54, 1.807) is 19.9 Å². The normalized spacial score (nSPS) is 10.9. The Morgan fingerprint density at radius 1 is 1.35 bits per heavy atom. The first-order valence-electron chi connectivity index (χ1n) is 7.96.